The van der Waals surface area contributed by atoms with Gasteiger partial charge in [0.05, 0.1) is 18.9 Å². The van der Waals surface area contributed by atoms with Gasteiger partial charge >= 0.3 is 0 Å². The lowest BCUT2D eigenvalue weighted by Gasteiger charge is -2.29. The quantitative estimate of drug-likeness (QED) is 0.324. The molecule has 1 amide bonds. The lowest BCUT2D eigenvalue weighted by atomic mass is 10.1. The molecule has 1 fully saturated rings. The Morgan fingerprint density at radius 3 is 3.03 bits per heavy atom. The molecule has 1 aromatic carbocycles. The number of amides is 1. The van der Waals surface area contributed by atoms with Crippen molar-refractivity contribution in [1.82, 2.24) is 10.6 Å². The van der Waals surface area contributed by atoms with E-state index in [4.69, 9.17) is 14.2 Å². The number of carbonyl (C=O) groups is 1. The van der Waals surface area contributed by atoms with Gasteiger partial charge in [-0.25, -0.2) is 0 Å². The maximum Gasteiger partial charge on any atom is 0.265 e. The summed E-state index contributed by atoms with van der Waals surface area (Å²) in [5, 5.41) is 6.61. The fourth-order valence-electron chi connectivity index (χ4n) is 3.51. The van der Waals surface area contributed by atoms with Crippen molar-refractivity contribution >= 4 is 17.6 Å². The van der Waals surface area contributed by atoms with E-state index in [1.165, 1.54) is 0 Å². The van der Waals surface area contributed by atoms with Gasteiger partial charge in [-0.15, -0.1) is 0 Å². The topological polar surface area (TPSA) is 84.4 Å². The van der Waals surface area contributed by atoms with Crippen molar-refractivity contribution in [3.05, 3.63) is 24.3 Å². The summed E-state index contributed by atoms with van der Waals surface area (Å²) in [6.07, 6.45) is 2.82. The maximum atomic E-state index is 12.2. The lowest BCUT2D eigenvalue weighted by Crippen LogP contribution is -2.40. The van der Waals surface area contributed by atoms with E-state index < -0.39 is 0 Å². The Morgan fingerprint density at radius 2 is 2.20 bits per heavy atom. The summed E-state index contributed by atoms with van der Waals surface area (Å²) in [4.78, 5) is 18.6. The van der Waals surface area contributed by atoms with Crippen LogP contribution in [0.3, 0.4) is 0 Å². The second-order valence-electron chi connectivity index (χ2n) is 7.50. The molecule has 1 saturated heterocycles. The van der Waals surface area contributed by atoms with Crippen molar-refractivity contribution in [2.75, 3.05) is 64.1 Å². The first-order chi connectivity index (χ1) is 14.8. The van der Waals surface area contributed by atoms with Crippen LogP contribution in [0.2, 0.25) is 0 Å². The van der Waals surface area contributed by atoms with Crippen LogP contribution in [0.15, 0.2) is 29.3 Å². The van der Waals surface area contributed by atoms with Crippen LogP contribution in [-0.4, -0.2) is 71.1 Å². The SMILES string of the molecule is CCNC(=NCCCN1C(=O)COc2ccccc21)NCCCOCC1CCOC1. The van der Waals surface area contributed by atoms with E-state index in [0.717, 1.165) is 76.2 Å². The van der Waals surface area contributed by atoms with E-state index in [9.17, 15) is 4.79 Å². The summed E-state index contributed by atoms with van der Waals surface area (Å²) in [5.41, 5.74) is 0.840. The van der Waals surface area contributed by atoms with E-state index in [0.29, 0.717) is 19.0 Å². The molecule has 2 heterocycles. The molecule has 0 spiro atoms. The summed E-state index contributed by atoms with van der Waals surface area (Å²) >= 11 is 0. The van der Waals surface area contributed by atoms with Crippen molar-refractivity contribution in [2.45, 2.75) is 26.2 Å². The van der Waals surface area contributed by atoms with Crippen molar-refractivity contribution in [1.29, 1.82) is 0 Å². The van der Waals surface area contributed by atoms with Gasteiger partial charge < -0.3 is 29.7 Å². The van der Waals surface area contributed by atoms with Crippen LogP contribution in [0.5, 0.6) is 5.75 Å². The molecule has 1 atom stereocenters. The Kier molecular flexibility index (Phi) is 9.24. The first-order valence-corrected chi connectivity index (χ1v) is 11.0. The van der Waals surface area contributed by atoms with Crippen molar-refractivity contribution in [3.8, 4) is 5.75 Å². The Morgan fingerprint density at radius 1 is 1.30 bits per heavy atom. The molecule has 2 N–H and O–H groups in total. The number of aliphatic imine (C=N–C) groups is 1. The molecule has 2 aliphatic heterocycles. The van der Waals surface area contributed by atoms with E-state index in [2.05, 4.69) is 15.6 Å². The zero-order valence-electron chi connectivity index (χ0n) is 17.9. The number of carbonyl (C=O) groups excluding carboxylic acids is 1. The zero-order valence-corrected chi connectivity index (χ0v) is 17.9. The molecule has 0 radical (unpaired) electrons. The highest BCUT2D eigenvalue weighted by atomic mass is 16.5. The molecule has 3 rings (SSSR count). The Balaban J connectivity index is 1.34. The number of hydrogen-bond donors (Lipinski definition) is 2. The van der Waals surface area contributed by atoms with Gasteiger partial charge in [0.2, 0.25) is 0 Å². The third-order valence-corrected chi connectivity index (χ3v) is 5.10. The number of ether oxygens (including phenoxy) is 3. The minimum atomic E-state index is -0.00752. The summed E-state index contributed by atoms with van der Waals surface area (Å²) < 4.78 is 16.6. The van der Waals surface area contributed by atoms with Crippen molar-refractivity contribution < 1.29 is 19.0 Å². The molecule has 0 aliphatic carbocycles. The van der Waals surface area contributed by atoms with Crippen LogP contribution in [0, 0.1) is 5.92 Å². The van der Waals surface area contributed by atoms with Gasteiger partial charge in [-0.1, -0.05) is 12.1 Å². The molecular formula is C22H34N4O4. The lowest BCUT2D eigenvalue weighted by molar-refractivity contribution is -0.121. The monoisotopic (exact) mass is 418 g/mol. The molecule has 30 heavy (non-hydrogen) atoms. The molecule has 0 bridgehead atoms. The molecule has 1 unspecified atom stereocenters. The molecule has 0 saturated carbocycles. The highest BCUT2D eigenvalue weighted by Gasteiger charge is 2.24. The van der Waals surface area contributed by atoms with Gasteiger partial charge in [0.25, 0.3) is 5.91 Å². The van der Waals surface area contributed by atoms with Gasteiger partial charge in [0.15, 0.2) is 12.6 Å². The number of nitrogens with one attached hydrogen (secondary N) is 2. The average molecular weight is 419 g/mol. The van der Waals surface area contributed by atoms with Crippen LogP contribution in [-0.2, 0) is 14.3 Å². The van der Waals surface area contributed by atoms with E-state index in [1.807, 2.05) is 31.2 Å². The number of rotatable bonds is 11. The predicted molar refractivity (Wildman–Crippen MR) is 117 cm³/mol. The molecule has 166 valence electrons. The molecule has 8 heteroatoms. The minimum absolute atomic E-state index is 0.00752. The molecule has 2 aliphatic rings. The molecule has 0 aromatic heterocycles. The largest absolute Gasteiger partial charge is 0.482 e. The predicted octanol–water partition coefficient (Wildman–Crippen LogP) is 1.80. The minimum Gasteiger partial charge on any atom is -0.482 e. The number of anilines is 1. The number of fused-ring (bicyclic) bond motifs is 1. The van der Waals surface area contributed by atoms with Crippen LogP contribution in [0.1, 0.15) is 26.2 Å². The fraction of sp³-hybridized carbons (Fsp3) is 0.636. The normalized spacial score (nSPS) is 18.8. The molecular weight excluding hydrogens is 384 g/mol. The van der Waals surface area contributed by atoms with Gasteiger partial charge in [-0.3, -0.25) is 9.79 Å². The van der Waals surface area contributed by atoms with E-state index >= 15 is 0 Å². The number of nitrogens with zero attached hydrogens (tertiary/aromatic N) is 2. The fourth-order valence-corrected chi connectivity index (χ4v) is 3.51. The highest BCUT2D eigenvalue weighted by Crippen LogP contribution is 2.31. The van der Waals surface area contributed by atoms with Crippen LogP contribution in [0.4, 0.5) is 5.69 Å². The standard InChI is InChI=1S/C22H34N4O4/c1-2-23-22(25-11-6-13-28-15-18-9-14-29-16-18)24-10-5-12-26-19-7-3-4-8-20(19)30-17-21(26)27/h3-4,7-8,18H,2,5-6,9-17H2,1H3,(H2,23,24,25). The van der Waals surface area contributed by atoms with Crippen LogP contribution < -0.4 is 20.3 Å². The Bertz CT molecular complexity index is 691. The maximum absolute atomic E-state index is 12.2. The van der Waals surface area contributed by atoms with Crippen molar-refractivity contribution in [3.63, 3.8) is 0 Å². The second kappa shape index (κ2) is 12.4. The number of guanidine groups is 1. The molecule has 8 nitrogen and oxygen atoms in total. The van der Waals surface area contributed by atoms with Crippen molar-refractivity contribution in [2.24, 2.45) is 10.9 Å². The third kappa shape index (κ3) is 6.88. The summed E-state index contributed by atoms with van der Waals surface area (Å²) in [6.45, 7) is 8.25. The highest BCUT2D eigenvalue weighted by molar-refractivity contribution is 5.97. The van der Waals surface area contributed by atoms with E-state index in [-0.39, 0.29) is 12.5 Å². The number of para-hydroxylation sites is 2. The van der Waals surface area contributed by atoms with Gasteiger partial charge in [0.1, 0.15) is 5.75 Å². The average Bonchev–Trinajstić information content (AvgIpc) is 3.28. The first kappa shape index (κ1) is 22.4. The Labute approximate surface area is 179 Å². The van der Waals surface area contributed by atoms with Gasteiger partial charge in [-0.05, 0) is 38.3 Å². The number of hydrogen-bond acceptors (Lipinski definition) is 5. The molecule has 1 aromatic rings. The van der Waals surface area contributed by atoms with Crippen LogP contribution in [0.25, 0.3) is 0 Å². The number of benzene rings is 1. The van der Waals surface area contributed by atoms with E-state index in [1.54, 1.807) is 4.90 Å². The summed E-state index contributed by atoms with van der Waals surface area (Å²) in [5.74, 6) is 2.11. The summed E-state index contributed by atoms with van der Waals surface area (Å²) in [6, 6.07) is 7.65. The first-order valence-electron chi connectivity index (χ1n) is 11.0. The third-order valence-electron chi connectivity index (χ3n) is 5.10. The van der Waals surface area contributed by atoms with Crippen LogP contribution >= 0.6 is 0 Å². The van der Waals surface area contributed by atoms with Gasteiger partial charge in [-0.2, -0.15) is 0 Å². The zero-order chi connectivity index (χ0) is 21.0. The smallest absolute Gasteiger partial charge is 0.265 e. The Hall–Kier alpha value is -2.32. The summed E-state index contributed by atoms with van der Waals surface area (Å²) in [7, 11) is 0. The second-order valence-corrected chi connectivity index (χ2v) is 7.50. The van der Waals surface area contributed by atoms with Gasteiger partial charge in [0, 0.05) is 45.3 Å².